The van der Waals surface area contributed by atoms with Gasteiger partial charge in [-0.2, -0.15) is 0 Å². The Labute approximate surface area is 133 Å². The molecule has 3 nitrogen and oxygen atoms in total. The van der Waals surface area contributed by atoms with Crippen molar-refractivity contribution < 1.29 is 8.42 Å². The van der Waals surface area contributed by atoms with E-state index in [1.54, 1.807) is 18.2 Å². The zero-order valence-electron chi connectivity index (χ0n) is 11.0. The summed E-state index contributed by atoms with van der Waals surface area (Å²) in [6.45, 7) is 9.11. The Kier molecular flexibility index (Phi) is 4.58. The molecule has 0 saturated heterocycles. The number of halogens is 2. The first-order valence-corrected chi connectivity index (χ1v) is 8.28. The molecule has 0 saturated carbocycles. The highest BCUT2D eigenvalue weighted by Crippen LogP contribution is 2.35. The van der Waals surface area contributed by atoms with Crippen LogP contribution in [0.25, 0.3) is 4.85 Å². The molecule has 0 aromatic heterocycles. The molecule has 0 aliphatic heterocycles. The monoisotopic (exact) mass is 339 g/mol. The highest BCUT2D eigenvalue weighted by Gasteiger charge is 2.36. The van der Waals surface area contributed by atoms with Crippen LogP contribution in [0.3, 0.4) is 0 Å². The van der Waals surface area contributed by atoms with E-state index in [0.717, 1.165) is 5.56 Å². The van der Waals surface area contributed by atoms with Crippen molar-refractivity contribution in [3.05, 3.63) is 75.1 Å². The number of rotatable bonds is 3. The summed E-state index contributed by atoms with van der Waals surface area (Å²) >= 11 is 11.9. The fourth-order valence-electron chi connectivity index (χ4n) is 1.87. The molecular formula is C15H11Cl2NO2S. The van der Waals surface area contributed by atoms with Gasteiger partial charge in [0.1, 0.15) is 0 Å². The van der Waals surface area contributed by atoms with Crippen molar-refractivity contribution in [3.8, 4) is 0 Å². The van der Waals surface area contributed by atoms with Crippen LogP contribution in [0.4, 0.5) is 0 Å². The minimum atomic E-state index is -3.86. The van der Waals surface area contributed by atoms with Crippen LogP contribution in [0, 0.1) is 13.5 Å². The second kappa shape index (κ2) is 6.07. The van der Waals surface area contributed by atoms with Crippen LogP contribution in [0.1, 0.15) is 16.5 Å². The lowest BCUT2D eigenvalue weighted by atomic mass is 10.2. The molecule has 2 aromatic rings. The van der Waals surface area contributed by atoms with Gasteiger partial charge in [0.2, 0.25) is 0 Å². The fourth-order valence-corrected chi connectivity index (χ4v) is 3.77. The third kappa shape index (κ3) is 3.21. The number of nitrogens with zero attached hydrogens (tertiary/aromatic N) is 1. The highest BCUT2D eigenvalue weighted by atomic mass is 35.5. The number of benzene rings is 2. The quantitative estimate of drug-likeness (QED) is 0.760. The van der Waals surface area contributed by atoms with Crippen molar-refractivity contribution in [1.82, 2.24) is 0 Å². The molecule has 0 fully saturated rings. The summed E-state index contributed by atoms with van der Waals surface area (Å²) < 4.78 is 25.2. The molecule has 6 heteroatoms. The van der Waals surface area contributed by atoms with E-state index < -0.39 is 15.2 Å². The first-order valence-electron chi connectivity index (χ1n) is 5.98. The van der Waals surface area contributed by atoms with Crippen LogP contribution < -0.4 is 0 Å². The second-order valence-electron chi connectivity index (χ2n) is 4.51. The highest BCUT2D eigenvalue weighted by molar-refractivity contribution is 7.91. The standard InChI is InChI=1S/C15H11Cl2NO2S/c1-10-3-6-12(7-4-10)21(19,20)15(18-2)13-9-11(16)5-8-14(13)17/h3-9,15H,1H3/t15-/m1/s1. The summed E-state index contributed by atoms with van der Waals surface area (Å²) in [5.74, 6) is 0. The van der Waals surface area contributed by atoms with Gasteiger partial charge in [-0.3, -0.25) is 4.85 Å². The molecule has 1 atom stereocenters. The van der Waals surface area contributed by atoms with E-state index >= 15 is 0 Å². The average molecular weight is 340 g/mol. The minimum absolute atomic E-state index is 0.0881. The van der Waals surface area contributed by atoms with Crippen molar-refractivity contribution >= 4 is 33.0 Å². The molecule has 0 heterocycles. The average Bonchev–Trinajstić information content (AvgIpc) is 2.43. The topological polar surface area (TPSA) is 38.5 Å². The van der Waals surface area contributed by atoms with Crippen LogP contribution in [0.2, 0.25) is 10.0 Å². The molecule has 2 aromatic carbocycles. The van der Waals surface area contributed by atoms with Crippen LogP contribution in [-0.4, -0.2) is 8.42 Å². The molecule has 21 heavy (non-hydrogen) atoms. The zero-order chi connectivity index (χ0) is 15.6. The van der Waals surface area contributed by atoms with Gasteiger partial charge >= 0.3 is 5.37 Å². The maximum absolute atomic E-state index is 12.6. The Morgan fingerprint density at radius 3 is 2.29 bits per heavy atom. The molecule has 0 aliphatic carbocycles. The van der Waals surface area contributed by atoms with E-state index in [-0.39, 0.29) is 15.5 Å². The van der Waals surface area contributed by atoms with Crippen LogP contribution >= 0.6 is 23.2 Å². The maximum Gasteiger partial charge on any atom is 0.351 e. The van der Waals surface area contributed by atoms with Crippen molar-refractivity contribution in [2.75, 3.05) is 0 Å². The summed E-state index contributed by atoms with van der Waals surface area (Å²) in [7, 11) is -3.86. The molecule has 0 N–H and O–H groups in total. The predicted octanol–water partition coefficient (Wildman–Crippen LogP) is 4.69. The Morgan fingerprint density at radius 2 is 1.71 bits per heavy atom. The van der Waals surface area contributed by atoms with E-state index in [9.17, 15) is 8.42 Å². The molecule has 0 unspecified atom stereocenters. The van der Waals surface area contributed by atoms with Gasteiger partial charge < -0.3 is 0 Å². The zero-order valence-corrected chi connectivity index (χ0v) is 13.4. The summed E-state index contributed by atoms with van der Waals surface area (Å²) in [4.78, 5) is 3.34. The molecule has 0 spiro atoms. The number of hydrogen-bond acceptors (Lipinski definition) is 2. The summed E-state index contributed by atoms with van der Waals surface area (Å²) in [5.41, 5.74) is 1.13. The van der Waals surface area contributed by atoms with Gasteiger partial charge in [0.05, 0.1) is 15.5 Å². The Bertz CT molecular complexity index is 809. The Morgan fingerprint density at radius 1 is 1.10 bits per heavy atom. The molecule has 2 rings (SSSR count). The Hall–Kier alpha value is -1.54. The molecule has 0 amide bonds. The molecular weight excluding hydrogens is 329 g/mol. The third-order valence-corrected chi connectivity index (χ3v) is 5.44. The second-order valence-corrected chi connectivity index (χ2v) is 7.36. The maximum atomic E-state index is 12.6. The van der Waals surface area contributed by atoms with E-state index in [4.69, 9.17) is 29.8 Å². The van der Waals surface area contributed by atoms with E-state index in [1.807, 2.05) is 6.92 Å². The molecule has 108 valence electrons. The SMILES string of the molecule is [C-]#[N+][C@@H](c1cc(Cl)ccc1Cl)S(=O)(=O)c1ccc(C)cc1. The van der Waals surface area contributed by atoms with Crippen LogP contribution in [0.15, 0.2) is 47.4 Å². The molecule has 0 bridgehead atoms. The fraction of sp³-hybridized carbons (Fsp3) is 0.133. The predicted molar refractivity (Wildman–Crippen MR) is 84.2 cm³/mol. The van der Waals surface area contributed by atoms with Crippen molar-refractivity contribution in [2.24, 2.45) is 0 Å². The van der Waals surface area contributed by atoms with Gasteiger partial charge in [-0.1, -0.05) is 40.9 Å². The van der Waals surface area contributed by atoms with E-state index in [0.29, 0.717) is 5.02 Å². The van der Waals surface area contributed by atoms with E-state index in [2.05, 4.69) is 4.85 Å². The molecule has 0 aliphatic rings. The van der Waals surface area contributed by atoms with Crippen molar-refractivity contribution in [2.45, 2.75) is 17.2 Å². The Balaban J connectivity index is 2.58. The lowest BCUT2D eigenvalue weighted by molar-refractivity contribution is 0.590. The van der Waals surface area contributed by atoms with Gasteiger partial charge in [-0.15, -0.1) is 0 Å². The van der Waals surface area contributed by atoms with Crippen LogP contribution in [-0.2, 0) is 9.84 Å². The number of aryl methyl sites for hydroxylation is 1. The summed E-state index contributed by atoms with van der Waals surface area (Å²) in [6, 6.07) is 10.8. The van der Waals surface area contributed by atoms with Crippen LogP contribution in [0.5, 0.6) is 0 Å². The number of hydrogen-bond donors (Lipinski definition) is 0. The largest absolute Gasteiger partial charge is 0.351 e. The lowest BCUT2D eigenvalue weighted by Gasteiger charge is -2.10. The van der Waals surface area contributed by atoms with Crippen molar-refractivity contribution in [1.29, 1.82) is 0 Å². The third-order valence-electron chi connectivity index (χ3n) is 2.98. The molecule has 0 radical (unpaired) electrons. The van der Waals surface area contributed by atoms with Gasteiger partial charge in [-0.25, -0.2) is 15.0 Å². The summed E-state index contributed by atoms with van der Waals surface area (Å²) in [5, 5.41) is -0.871. The lowest BCUT2D eigenvalue weighted by Crippen LogP contribution is -2.11. The van der Waals surface area contributed by atoms with Gasteiger partial charge in [0.25, 0.3) is 9.84 Å². The van der Waals surface area contributed by atoms with Gasteiger partial charge in [-0.05, 0) is 37.3 Å². The number of sulfone groups is 1. The van der Waals surface area contributed by atoms with Crippen molar-refractivity contribution in [3.63, 3.8) is 0 Å². The van der Waals surface area contributed by atoms with Gasteiger partial charge in [0, 0.05) is 5.02 Å². The van der Waals surface area contributed by atoms with E-state index in [1.165, 1.54) is 24.3 Å². The normalized spacial score (nSPS) is 12.7. The smallest absolute Gasteiger partial charge is 0.291 e. The van der Waals surface area contributed by atoms with Gasteiger partial charge in [0.15, 0.2) is 0 Å². The minimum Gasteiger partial charge on any atom is -0.291 e. The first kappa shape index (κ1) is 15.8. The first-order chi connectivity index (χ1) is 9.86. The summed E-state index contributed by atoms with van der Waals surface area (Å²) in [6.07, 6.45) is 0.